The number of rotatable bonds is 7. The Kier molecular flexibility index (Phi) is 5.87. The lowest BCUT2D eigenvalue weighted by atomic mass is 10.2. The molecule has 1 saturated carbocycles. The molecule has 1 amide bonds. The molecule has 128 valence electrons. The van der Waals surface area contributed by atoms with Crippen LogP contribution in [0.15, 0.2) is 23.8 Å². The SMILES string of the molecule is C[C@H](NCCc1csc(-c2ncccn2)n1)C(=O)NC1CCCC1. The molecule has 7 heteroatoms. The van der Waals surface area contributed by atoms with E-state index in [0.717, 1.165) is 36.5 Å². The highest BCUT2D eigenvalue weighted by Crippen LogP contribution is 2.19. The first-order chi connectivity index (χ1) is 11.7. The summed E-state index contributed by atoms with van der Waals surface area (Å²) in [7, 11) is 0. The van der Waals surface area contributed by atoms with E-state index >= 15 is 0 Å². The average molecular weight is 345 g/mol. The summed E-state index contributed by atoms with van der Waals surface area (Å²) in [5.41, 5.74) is 0.998. The second kappa shape index (κ2) is 8.30. The number of aromatic nitrogens is 3. The number of hydrogen-bond acceptors (Lipinski definition) is 6. The lowest BCUT2D eigenvalue weighted by Gasteiger charge is -2.17. The molecule has 1 fully saturated rings. The van der Waals surface area contributed by atoms with Gasteiger partial charge in [-0.05, 0) is 25.8 Å². The second-order valence-corrected chi connectivity index (χ2v) is 6.99. The molecule has 2 aromatic rings. The van der Waals surface area contributed by atoms with Crippen molar-refractivity contribution in [3.63, 3.8) is 0 Å². The highest BCUT2D eigenvalue weighted by atomic mass is 32.1. The Morgan fingerprint density at radius 1 is 1.33 bits per heavy atom. The van der Waals surface area contributed by atoms with E-state index in [-0.39, 0.29) is 11.9 Å². The Morgan fingerprint density at radius 3 is 2.83 bits per heavy atom. The molecular weight excluding hydrogens is 322 g/mol. The molecule has 2 N–H and O–H groups in total. The smallest absolute Gasteiger partial charge is 0.237 e. The standard InChI is InChI=1S/C17H23N5OS/c1-12(16(23)21-13-5-2-3-6-13)18-10-7-14-11-24-17(22-14)15-19-8-4-9-20-15/h4,8-9,11-13,18H,2-3,5-7,10H2,1H3,(H,21,23)/t12-/m0/s1. The molecule has 0 spiro atoms. The summed E-state index contributed by atoms with van der Waals surface area (Å²) in [6, 6.07) is 1.98. The molecule has 0 unspecified atom stereocenters. The van der Waals surface area contributed by atoms with Gasteiger partial charge in [0.15, 0.2) is 10.8 Å². The minimum atomic E-state index is -0.179. The normalized spacial score (nSPS) is 16.2. The first-order valence-electron chi connectivity index (χ1n) is 8.48. The molecule has 0 saturated heterocycles. The van der Waals surface area contributed by atoms with Crippen molar-refractivity contribution in [2.24, 2.45) is 0 Å². The summed E-state index contributed by atoms with van der Waals surface area (Å²) in [4.78, 5) is 25.1. The summed E-state index contributed by atoms with van der Waals surface area (Å²) in [5, 5.41) is 9.25. The van der Waals surface area contributed by atoms with Gasteiger partial charge in [0.05, 0.1) is 11.7 Å². The van der Waals surface area contributed by atoms with Crippen LogP contribution in [0.4, 0.5) is 0 Å². The van der Waals surface area contributed by atoms with Crippen LogP contribution in [-0.2, 0) is 11.2 Å². The van der Waals surface area contributed by atoms with Crippen molar-refractivity contribution in [1.82, 2.24) is 25.6 Å². The van der Waals surface area contributed by atoms with Crippen LogP contribution in [0.5, 0.6) is 0 Å². The molecule has 1 aliphatic rings. The highest BCUT2D eigenvalue weighted by Gasteiger charge is 2.20. The zero-order valence-corrected chi connectivity index (χ0v) is 14.7. The van der Waals surface area contributed by atoms with Crippen molar-refractivity contribution in [2.75, 3.05) is 6.54 Å². The van der Waals surface area contributed by atoms with Gasteiger partial charge in [-0.1, -0.05) is 12.8 Å². The van der Waals surface area contributed by atoms with Crippen molar-refractivity contribution >= 4 is 17.2 Å². The summed E-state index contributed by atoms with van der Waals surface area (Å²) in [6.45, 7) is 2.63. The van der Waals surface area contributed by atoms with Crippen LogP contribution in [0.25, 0.3) is 10.8 Å². The molecule has 6 nitrogen and oxygen atoms in total. The van der Waals surface area contributed by atoms with Gasteiger partial charge in [0.1, 0.15) is 0 Å². The highest BCUT2D eigenvalue weighted by molar-refractivity contribution is 7.13. The van der Waals surface area contributed by atoms with Crippen molar-refractivity contribution in [3.05, 3.63) is 29.5 Å². The first-order valence-corrected chi connectivity index (χ1v) is 9.36. The molecule has 0 radical (unpaired) electrons. The molecule has 1 aliphatic carbocycles. The zero-order valence-electron chi connectivity index (χ0n) is 13.9. The number of hydrogen-bond donors (Lipinski definition) is 2. The molecule has 2 heterocycles. The van der Waals surface area contributed by atoms with Gasteiger partial charge in [0, 0.05) is 36.8 Å². The largest absolute Gasteiger partial charge is 0.352 e. The van der Waals surface area contributed by atoms with Crippen molar-refractivity contribution < 1.29 is 4.79 Å². The van der Waals surface area contributed by atoms with Gasteiger partial charge in [-0.25, -0.2) is 15.0 Å². The Balaban J connectivity index is 1.43. The predicted octanol–water partition coefficient (Wildman–Crippen LogP) is 2.18. The number of carbonyl (C=O) groups is 1. The number of carbonyl (C=O) groups excluding carboxylic acids is 1. The third kappa shape index (κ3) is 4.58. The van der Waals surface area contributed by atoms with Crippen LogP contribution in [0.2, 0.25) is 0 Å². The fraction of sp³-hybridized carbons (Fsp3) is 0.529. The Hall–Kier alpha value is -1.86. The lowest BCUT2D eigenvalue weighted by molar-refractivity contribution is -0.123. The summed E-state index contributed by atoms with van der Waals surface area (Å²) in [5.74, 6) is 0.754. The predicted molar refractivity (Wildman–Crippen MR) is 94.7 cm³/mol. The lowest BCUT2D eigenvalue weighted by Crippen LogP contribution is -2.46. The van der Waals surface area contributed by atoms with E-state index in [1.54, 1.807) is 29.8 Å². The maximum absolute atomic E-state index is 12.1. The van der Waals surface area contributed by atoms with Crippen molar-refractivity contribution in [3.8, 4) is 10.8 Å². The molecular formula is C17H23N5OS. The number of thiazole rings is 1. The van der Waals surface area contributed by atoms with Gasteiger partial charge in [0.2, 0.25) is 5.91 Å². The van der Waals surface area contributed by atoms with Gasteiger partial charge in [-0.3, -0.25) is 4.79 Å². The monoisotopic (exact) mass is 345 g/mol. The topological polar surface area (TPSA) is 79.8 Å². The van der Waals surface area contributed by atoms with E-state index < -0.39 is 0 Å². The summed E-state index contributed by atoms with van der Waals surface area (Å²) < 4.78 is 0. The molecule has 0 bridgehead atoms. The van der Waals surface area contributed by atoms with Crippen molar-refractivity contribution in [2.45, 2.75) is 51.1 Å². The Morgan fingerprint density at radius 2 is 2.08 bits per heavy atom. The molecule has 1 atom stereocenters. The summed E-state index contributed by atoms with van der Waals surface area (Å²) in [6.07, 6.45) is 8.90. The van der Waals surface area contributed by atoms with Crippen molar-refractivity contribution in [1.29, 1.82) is 0 Å². The van der Waals surface area contributed by atoms with Crippen LogP contribution in [0.1, 0.15) is 38.3 Å². The van der Waals surface area contributed by atoms with Crippen LogP contribution in [-0.4, -0.2) is 39.5 Å². The fourth-order valence-corrected chi connectivity index (χ4v) is 3.64. The van der Waals surface area contributed by atoms with E-state index in [2.05, 4.69) is 25.6 Å². The molecule has 24 heavy (non-hydrogen) atoms. The van der Waals surface area contributed by atoms with E-state index in [0.29, 0.717) is 11.9 Å². The molecule has 2 aromatic heterocycles. The number of amides is 1. The van der Waals surface area contributed by atoms with Crippen LogP contribution in [0.3, 0.4) is 0 Å². The zero-order chi connectivity index (χ0) is 16.8. The van der Waals surface area contributed by atoms with Gasteiger partial charge in [-0.15, -0.1) is 11.3 Å². The van der Waals surface area contributed by atoms with E-state index in [1.807, 2.05) is 12.3 Å². The minimum absolute atomic E-state index is 0.0959. The van der Waals surface area contributed by atoms with Gasteiger partial charge in [0.25, 0.3) is 0 Å². The quantitative estimate of drug-likeness (QED) is 0.804. The fourth-order valence-electron chi connectivity index (χ4n) is 2.84. The minimum Gasteiger partial charge on any atom is -0.352 e. The molecule has 0 aliphatic heterocycles. The summed E-state index contributed by atoms with van der Waals surface area (Å²) >= 11 is 1.55. The third-order valence-electron chi connectivity index (χ3n) is 4.24. The maximum atomic E-state index is 12.1. The first kappa shape index (κ1) is 17.0. The van der Waals surface area contributed by atoms with Gasteiger partial charge < -0.3 is 10.6 Å². The van der Waals surface area contributed by atoms with Crippen LogP contribution in [0, 0.1) is 0 Å². The average Bonchev–Trinajstić information content (AvgIpc) is 3.27. The van der Waals surface area contributed by atoms with Gasteiger partial charge >= 0.3 is 0 Å². The molecule has 3 rings (SSSR count). The van der Waals surface area contributed by atoms with E-state index in [1.165, 1.54) is 12.8 Å². The second-order valence-electron chi connectivity index (χ2n) is 6.13. The molecule has 0 aromatic carbocycles. The van der Waals surface area contributed by atoms with Crippen LogP contribution < -0.4 is 10.6 Å². The number of nitrogens with one attached hydrogen (secondary N) is 2. The van der Waals surface area contributed by atoms with E-state index in [9.17, 15) is 4.79 Å². The number of nitrogens with zero attached hydrogens (tertiary/aromatic N) is 3. The van der Waals surface area contributed by atoms with Crippen LogP contribution >= 0.6 is 11.3 Å². The Bertz CT molecular complexity index is 654. The third-order valence-corrected chi connectivity index (χ3v) is 5.12. The van der Waals surface area contributed by atoms with E-state index in [4.69, 9.17) is 0 Å². The Labute approximate surface area is 146 Å². The maximum Gasteiger partial charge on any atom is 0.237 e. The van der Waals surface area contributed by atoms with Gasteiger partial charge in [-0.2, -0.15) is 0 Å².